The number of amides is 1. The first-order chi connectivity index (χ1) is 8.15. The van der Waals surface area contributed by atoms with Gasteiger partial charge in [0.2, 0.25) is 0 Å². The highest BCUT2D eigenvalue weighted by molar-refractivity contribution is 5.78. The van der Waals surface area contributed by atoms with E-state index < -0.39 is 12.0 Å². The van der Waals surface area contributed by atoms with Gasteiger partial charge in [0.25, 0.3) is 5.91 Å². The molecule has 0 aliphatic heterocycles. The molecule has 0 aliphatic carbocycles. The number of para-hydroxylation sites is 1. The molecule has 3 heteroatoms. The zero-order valence-electron chi connectivity index (χ0n) is 10.9. The van der Waals surface area contributed by atoms with Gasteiger partial charge in [-0.2, -0.15) is 0 Å². The van der Waals surface area contributed by atoms with Gasteiger partial charge in [-0.15, -0.1) is 0 Å². The van der Waals surface area contributed by atoms with Gasteiger partial charge < -0.3 is 10.5 Å². The van der Waals surface area contributed by atoms with Crippen LogP contribution in [0.4, 0.5) is 0 Å². The fourth-order valence-electron chi connectivity index (χ4n) is 1.15. The summed E-state index contributed by atoms with van der Waals surface area (Å²) in [6, 6.07) is 7.50. The second kappa shape index (κ2) is 8.39. The Morgan fingerprint density at radius 1 is 1.35 bits per heavy atom. The number of benzene rings is 1. The van der Waals surface area contributed by atoms with Crippen LogP contribution < -0.4 is 10.5 Å². The van der Waals surface area contributed by atoms with Gasteiger partial charge in [0.05, 0.1) is 0 Å². The van der Waals surface area contributed by atoms with Crippen molar-refractivity contribution in [2.24, 2.45) is 5.73 Å². The van der Waals surface area contributed by atoms with Gasteiger partial charge in [-0.1, -0.05) is 44.2 Å². The predicted octanol–water partition coefficient (Wildman–Crippen LogP) is 3.00. The summed E-state index contributed by atoms with van der Waals surface area (Å²) in [5.74, 6) is 0.201. The minimum absolute atomic E-state index is 0.467. The summed E-state index contributed by atoms with van der Waals surface area (Å²) >= 11 is 0. The summed E-state index contributed by atoms with van der Waals surface area (Å²) in [6.45, 7) is 7.56. The average molecular weight is 235 g/mol. The summed E-state index contributed by atoms with van der Waals surface area (Å²) in [7, 11) is 0. The number of rotatable bonds is 4. The van der Waals surface area contributed by atoms with Crippen molar-refractivity contribution in [2.45, 2.75) is 33.8 Å². The highest BCUT2D eigenvalue weighted by Crippen LogP contribution is 2.20. The van der Waals surface area contributed by atoms with Gasteiger partial charge in [-0.3, -0.25) is 4.79 Å². The van der Waals surface area contributed by atoms with Gasteiger partial charge in [-0.05, 0) is 19.9 Å². The first-order valence-electron chi connectivity index (χ1n) is 5.83. The van der Waals surface area contributed by atoms with Crippen LogP contribution in [-0.4, -0.2) is 12.0 Å². The molecule has 0 saturated carbocycles. The second-order valence-corrected chi connectivity index (χ2v) is 3.20. The van der Waals surface area contributed by atoms with E-state index in [4.69, 9.17) is 10.5 Å². The number of allylic oxidation sites excluding steroid dienone is 1. The third kappa shape index (κ3) is 5.20. The number of carbonyl (C=O) groups is 1. The fourth-order valence-corrected chi connectivity index (χ4v) is 1.15. The fraction of sp³-hybridized carbons (Fsp3) is 0.357. The minimum atomic E-state index is -0.614. The molecule has 1 atom stereocenters. The van der Waals surface area contributed by atoms with Crippen LogP contribution in [-0.2, 0) is 4.79 Å². The van der Waals surface area contributed by atoms with Crippen molar-refractivity contribution in [3.05, 3.63) is 35.9 Å². The monoisotopic (exact) mass is 235 g/mol. The van der Waals surface area contributed by atoms with E-state index in [0.29, 0.717) is 5.75 Å². The lowest BCUT2D eigenvalue weighted by Gasteiger charge is -2.13. The zero-order valence-corrected chi connectivity index (χ0v) is 10.9. The molecule has 0 heterocycles. The first kappa shape index (κ1) is 15.2. The Morgan fingerprint density at radius 2 is 1.94 bits per heavy atom. The van der Waals surface area contributed by atoms with E-state index >= 15 is 0 Å². The molecule has 0 radical (unpaired) electrons. The molecule has 1 unspecified atom stereocenters. The Bertz CT molecular complexity index is 372. The molecule has 1 amide bonds. The van der Waals surface area contributed by atoms with E-state index in [1.54, 1.807) is 6.92 Å². The Morgan fingerprint density at radius 3 is 2.47 bits per heavy atom. The van der Waals surface area contributed by atoms with E-state index in [2.05, 4.69) is 0 Å². The van der Waals surface area contributed by atoms with Crippen molar-refractivity contribution in [3.8, 4) is 5.75 Å². The predicted molar refractivity (Wildman–Crippen MR) is 71.8 cm³/mol. The van der Waals surface area contributed by atoms with E-state index in [9.17, 15) is 4.79 Å². The molecule has 94 valence electrons. The Hall–Kier alpha value is -1.77. The molecule has 1 aromatic carbocycles. The maximum absolute atomic E-state index is 10.9. The lowest BCUT2D eigenvalue weighted by molar-refractivity contribution is -0.123. The molecule has 0 bridgehead atoms. The normalized spacial score (nSPS) is 11.5. The molecule has 3 nitrogen and oxygen atoms in total. The Balaban J connectivity index is 0.00000121. The van der Waals surface area contributed by atoms with Gasteiger partial charge in [0.1, 0.15) is 5.75 Å². The van der Waals surface area contributed by atoms with Crippen molar-refractivity contribution in [2.75, 3.05) is 0 Å². The van der Waals surface area contributed by atoms with Crippen molar-refractivity contribution < 1.29 is 9.53 Å². The molecule has 0 fully saturated rings. The van der Waals surface area contributed by atoms with Gasteiger partial charge >= 0.3 is 0 Å². The Labute approximate surface area is 103 Å². The van der Waals surface area contributed by atoms with E-state index in [0.717, 1.165) is 5.56 Å². The molecular formula is C14H21NO2. The number of nitrogens with two attached hydrogens (primary N) is 1. The lowest BCUT2D eigenvalue weighted by Crippen LogP contribution is -2.30. The van der Waals surface area contributed by atoms with E-state index in [1.165, 1.54) is 0 Å². The summed E-state index contributed by atoms with van der Waals surface area (Å²) in [4.78, 5) is 10.9. The number of carbonyl (C=O) groups excluding carboxylic acids is 1. The van der Waals surface area contributed by atoms with Crippen LogP contribution in [0.5, 0.6) is 5.75 Å². The number of hydrogen-bond acceptors (Lipinski definition) is 2. The maximum atomic E-state index is 10.9. The third-order valence-electron chi connectivity index (χ3n) is 1.97. The van der Waals surface area contributed by atoms with E-state index in [1.807, 2.05) is 57.2 Å². The topological polar surface area (TPSA) is 52.3 Å². The summed E-state index contributed by atoms with van der Waals surface area (Å²) in [6.07, 6.45) is 3.22. The Kier molecular flexibility index (Phi) is 7.52. The lowest BCUT2D eigenvalue weighted by atomic mass is 10.2. The molecular weight excluding hydrogens is 214 g/mol. The molecule has 2 N–H and O–H groups in total. The highest BCUT2D eigenvalue weighted by Gasteiger charge is 2.11. The van der Waals surface area contributed by atoms with Crippen molar-refractivity contribution in [3.63, 3.8) is 0 Å². The number of primary amides is 1. The van der Waals surface area contributed by atoms with Crippen molar-refractivity contribution in [1.29, 1.82) is 0 Å². The van der Waals surface area contributed by atoms with Gasteiger partial charge in [0.15, 0.2) is 6.10 Å². The van der Waals surface area contributed by atoms with Crippen LogP contribution in [0.25, 0.3) is 6.08 Å². The number of ether oxygens (including phenoxy) is 1. The zero-order chi connectivity index (χ0) is 13.3. The molecule has 1 rings (SSSR count). The maximum Gasteiger partial charge on any atom is 0.258 e. The highest BCUT2D eigenvalue weighted by atomic mass is 16.5. The second-order valence-electron chi connectivity index (χ2n) is 3.20. The molecule has 0 aliphatic rings. The average Bonchev–Trinajstić information content (AvgIpc) is 2.34. The summed E-state index contributed by atoms with van der Waals surface area (Å²) in [5, 5.41) is 0. The van der Waals surface area contributed by atoms with E-state index in [-0.39, 0.29) is 0 Å². The molecule has 0 saturated heterocycles. The first-order valence-corrected chi connectivity index (χ1v) is 5.83. The molecule has 0 spiro atoms. The van der Waals surface area contributed by atoms with Crippen molar-refractivity contribution in [1.82, 2.24) is 0 Å². The SMILES string of the molecule is C/C=C/c1ccccc1OC(C)C(N)=O.CC. The largest absolute Gasteiger partial charge is 0.480 e. The van der Waals surface area contributed by atoms with Crippen LogP contribution in [0, 0.1) is 0 Å². The van der Waals surface area contributed by atoms with Crippen LogP contribution in [0.2, 0.25) is 0 Å². The summed E-state index contributed by atoms with van der Waals surface area (Å²) in [5.41, 5.74) is 6.06. The molecule has 17 heavy (non-hydrogen) atoms. The van der Waals surface area contributed by atoms with Crippen LogP contribution in [0.15, 0.2) is 30.3 Å². The standard InChI is InChI=1S/C12H15NO2.C2H6/c1-3-6-10-7-4-5-8-11(10)15-9(2)12(13)14;1-2/h3-9H,1-2H3,(H2,13,14);1-2H3/b6-3+;. The van der Waals surface area contributed by atoms with Crippen molar-refractivity contribution >= 4 is 12.0 Å². The molecule has 1 aromatic rings. The quantitative estimate of drug-likeness (QED) is 0.872. The number of hydrogen-bond donors (Lipinski definition) is 1. The smallest absolute Gasteiger partial charge is 0.258 e. The van der Waals surface area contributed by atoms with Gasteiger partial charge in [-0.25, -0.2) is 0 Å². The minimum Gasteiger partial charge on any atom is -0.480 e. The van der Waals surface area contributed by atoms with Crippen LogP contribution in [0.3, 0.4) is 0 Å². The third-order valence-corrected chi connectivity index (χ3v) is 1.97. The summed E-state index contributed by atoms with van der Waals surface area (Å²) < 4.78 is 5.43. The van der Waals surface area contributed by atoms with Crippen LogP contribution >= 0.6 is 0 Å². The van der Waals surface area contributed by atoms with Crippen LogP contribution in [0.1, 0.15) is 33.3 Å². The van der Waals surface area contributed by atoms with Gasteiger partial charge in [0, 0.05) is 5.56 Å². The molecule has 0 aromatic heterocycles.